The molecule has 0 radical (unpaired) electrons. The standard InChI is InChI=1S/C16H21N3O4/c1-11(15(21)22)17-14(20)12-6-5-9-19(10-12)16(23)18-13-7-3-2-4-8-13/h2-4,7-8,11-12H,5-6,9-10H2,1H3,(H,17,20)(H,18,23)(H,21,22)/t11-,12?/m1/s1. The van der Waals surface area contributed by atoms with Gasteiger partial charge in [-0.1, -0.05) is 18.2 Å². The molecule has 7 nitrogen and oxygen atoms in total. The number of carboxylic acid groups (broad SMARTS) is 1. The number of carbonyl (C=O) groups excluding carboxylic acids is 2. The van der Waals surface area contributed by atoms with E-state index in [0.29, 0.717) is 25.1 Å². The molecule has 0 saturated carbocycles. The summed E-state index contributed by atoms with van der Waals surface area (Å²) in [6.45, 7) is 2.29. The van der Waals surface area contributed by atoms with E-state index in [1.807, 2.05) is 18.2 Å². The number of urea groups is 1. The number of likely N-dealkylation sites (tertiary alicyclic amines) is 1. The zero-order chi connectivity index (χ0) is 16.8. The van der Waals surface area contributed by atoms with Gasteiger partial charge >= 0.3 is 12.0 Å². The van der Waals surface area contributed by atoms with Crippen LogP contribution in [0.3, 0.4) is 0 Å². The highest BCUT2D eigenvalue weighted by Gasteiger charge is 2.29. The summed E-state index contributed by atoms with van der Waals surface area (Å²) in [5, 5.41) is 14.1. The minimum Gasteiger partial charge on any atom is -0.480 e. The summed E-state index contributed by atoms with van der Waals surface area (Å²) in [6, 6.07) is 7.92. The number of hydrogen-bond donors (Lipinski definition) is 3. The number of benzene rings is 1. The van der Waals surface area contributed by atoms with Crippen LogP contribution in [0.1, 0.15) is 19.8 Å². The molecule has 124 valence electrons. The number of para-hydroxylation sites is 1. The summed E-state index contributed by atoms with van der Waals surface area (Å²) >= 11 is 0. The molecule has 1 aliphatic heterocycles. The maximum absolute atomic E-state index is 12.3. The summed E-state index contributed by atoms with van der Waals surface area (Å²) in [5.41, 5.74) is 0.698. The second-order valence-corrected chi connectivity index (χ2v) is 5.65. The summed E-state index contributed by atoms with van der Waals surface area (Å²) < 4.78 is 0. The Balaban J connectivity index is 1.91. The van der Waals surface area contributed by atoms with Crippen molar-refractivity contribution in [3.63, 3.8) is 0 Å². The predicted octanol–water partition coefficient (Wildman–Crippen LogP) is 1.52. The van der Waals surface area contributed by atoms with Gasteiger partial charge in [0.25, 0.3) is 0 Å². The summed E-state index contributed by atoms with van der Waals surface area (Å²) in [4.78, 5) is 36.8. The van der Waals surface area contributed by atoms with Crippen LogP contribution in [0.4, 0.5) is 10.5 Å². The Morgan fingerprint density at radius 1 is 1.26 bits per heavy atom. The first-order valence-electron chi connectivity index (χ1n) is 7.61. The van der Waals surface area contributed by atoms with Crippen LogP contribution in [0.2, 0.25) is 0 Å². The molecule has 0 bridgehead atoms. The van der Waals surface area contributed by atoms with Crippen LogP contribution in [0, 0.1) is 5.92 Å². The highest BCUT2D eigenvalue weighted by Crippen LogP contribution is 2.18. The largest absolute Gasteiger partial charge is 0.480 e. The number of nitrogens with one attached hydrogen (secondary N) is 2. The monoisotopic (exact) mass is 319 g/mol. The first-order valence-corrected chi connectivity index (χ1v) is 7.61. The quantitative estimate of drug-likeness (QED) is 0.783. The lowest BCUT2D eigenvalue weighted by Gasteiger charge is -2.32. The van der Waals surface area contributed by atoms with E-state index < -0.39 is 12.0 Å². The molecule has 0 aromatic heterocycles. The molecule has 1 saturated heterocycles. The lowest BCUT2D eigenvalue weighted by molar-refractivity contribution is -0.142. The van der Waals surface area contributed by atoms with Gasteiger partial charge < -0.3 is 20.6 Å². The second kappa shape index (κ2) is 7.62. The van der Waals surface area contributed by atoms with Gasteiger partial charge in [-0.2, -0.15) is 0 Å². The summed E-state index contributed by atoms with van der Waals surface area (Å²) in [7, 11) is 0. The number of rotatable bonds is 4. The van der Waals surface area contributed by atoms with Crippen LogP contribution in [0.15, 0.2) is 30.3 Å². The average Bonchev–Trinajstić information content (AvgIpc) is 2.55. The van der Waals surface area contributed by atoms with Crippen molar-refractivity contribution in [3.8, 4) is 0 Å². The van der Waals surface area contributed by atoms with E-state index in [-0.39, 0.29) is 24.4 Å². The fourth-order valence-corrected chi connectivity index (χ4v) is 2.49. The van der Waals surface area contributed by atoms with E-state index in [0.717, 1.165) is 0 Å². The van der Waals surface area contributed by atoms with E-state index in [9.17, 15) is 14.4 Å². The zero-order valence-corrected chi connectivity index (χ0v) is 13.0. The molecular weight excluding hydrogens is 298 g/mol. The van der Waals surface area contributed by atoms with Gasteiger partial charge in [0.15, 0.2) is 0 Å². The number of carbonyl (C=O) groups is 3. The molecule has 1 fully saturated rings. The topological polar surface area (TPSA) is 98.7 Å². The van der Waals surface area contributed by atoms with E-state index in [1.54, 1.807) is 17.0 Å². The van der Waals surface area contributed by atoms with Crippen LogP contribution < -0.4 is 10.6 Å². The Kier molecular flexibility index (Phi) is 5.56. The van der Waals surface area contributed by atoms with Crippen molar-refractivity contribution in [1.82, 2.24) is 10.2 Å². The van der Waals surface area contributed by atoms with Crippen molar-refractivity contribution < 1.29 is 19.5 Å². The number of nitrogens with zero attached hydrogens (tertiary/aromatic N) is 1. The molecule has 1 aliphatic rings. The zero-order valence-electron chi connectivity index (χ0n) is 13.0. The normalized spacial score (nSPS) is 18.8. The average molecular weight is 319 g/mol. The van der Waals surface area contributed by atoms with Crippen molar-refractivity contribution in [3.05, 3.63) is 30.3 Å². The maximum Gasteiger partial charge on any atom is 0.325 e. The number of carboxylic acids is 1. The molecule has 3 N–H and O–H groups in total. The Hall–Kier alpha value is -2.57. The second-order valence-electron chi connectivity index (χ2n) is 5.65. The Labute approximate surface area is 134 Å². The fourth-order valence-electron chi connectivity index (χ4n) is 2.49. The molecule has 0 spiro atoms. The molecule has 2 rings (SSSR count). The van der Waals surface area contributed by atoms with Gasteiger partial charge in [-0.3, -0.25) is 9.59 Å². The minimum absolute atomic E-state index is 0.250. The van der Waals surface area contributed by atoms with Crippen LogP contribution in [0.25, 0.3) is 0 Å². The number of hydrogen-bond acceptors (Lipinski definition) is 3. The van der Waals surface area contributed by atoms with Crippen LogP contribution in [-0.4, -0.2) is 47.0 Å². The molecule has 3 amide bonds. The highest BCUT2D eigenvalue weighted by molar-refractivity contribution is 5.90. The maximum atomic E-state index is 12.3. The third kappa shape index (κ3) is 4.70. The van der Waals surface area contributed by atoms with Gasteiger partial charge in [-0.15, -0.1) is 0 Å². The number of aliphatic carboxylic acids is 1. The molecule has 0 aliphatic carbocycles. The summed E-state index contributed by atoms with van der Waals surface area (Å²) in [5.74, 6) is -1.78. The van der Waals surface area contributed by atoms with Gasteiger partial charge in [0.1, 0.15) is 6.04 Å². The number of amides is 3. The Morgan fingerprint density at radius 3 is 2.61 bits per heavy atom. The van der Waals surface area contributed by atoms with Gasteiger partial charge in [-0.25, -0.2) is 4.79 Å². The highest BCUT2D eigenvalue weighted by atomic mass is 16.4. The molecule has 1 unspecified atom stereocenters. The van der Waals surface area contributed by atoms with Crippen LogP contribution in [0.5, 0.6) is 0 Å². The van der Waals surface area contributed by atoms with Crippen molar-refractivity contribution in [1.29, 1.82) is 0 Å². The number of anilines is 1. The van der Waals surface area contributed by atoms with Gasteiger partial charge in [0.2, 0.25) is 5.91 Å². The molecular formula is C16H21N3O4. The van der Waals surface area contributed by atoms with Gasteiger partial charge in [-0.05, 0) is 31.9 Å². The van der Waals surface area contributed by atoms with E-state index >= 15 is 0 Å². The predicted molar refractivity (Wildman–Crippen MR) is 85.0 cm³/mol. The molecule has 1 aromatic carbocycles. The lowest BCUT2D eigenvalue weighted by atomic mass is 9.97. The van der Waals surface area contributed by atoms with Gasteiger partial charge in [0, 0.05) is 18.8 Å². The van der Waals surface area contributed by atoms with Crippen molar-refractivity contribution in [2.24, 2.45) is 5.92 Å². The molecule has 23 heavy (non-hydrogen) atoms. The first-order chi connectivity index (χ1) is 11.0. The lowest BCUT2D eigenvalue weighted by Crippen LogP contribution is -2.49. The third-order valence-corrected chi connectivity index (χ3v) is 3.83. The number of piperidine rings is 1. The minimum atomic E-state index is -1.08. The SMILES string of the molecule is C[C@@H](NC(=O)C1CCCN(C(=O)Nc2ccccc2)C1)C(=O)O. The van der Waals surface area contributed by atoms with E-state index in [1.165, 1.54) is 6.92 Å². The van der Waals surface area contributed by atoms with Gasteiger partial charge in [0.05, 0.1) is 5.92 Å². The first kappa shape index (κ1) is 16.8. The Bertz CT molecular complexity index is 576. The molecule has 2 atom stereocenters. The van der Waals surface area contributed by atoms with Crippen molar-refractivity contribution >= 4 is 23.6 Å². The van der Waals surface area contributed by atoms with Crippen molar-refractivity contribution in [2.75, 3.05) is 18.4 Å². The van der Waals surface area contributed by atoms with Crippen molar-refractivity contribution in [2.45, 2.75) is 25.8 Å². The van der Waals surface area contributed by atoms with E-state index in [2.05, 4.69) is 10.6 Å². The fraction of sp³-hybridized carbons (Fsp3) is 0.438. The Morgan fingerprint density at radius 2 is 1.96 bits per heavy atom. The van der Waals surface area contributed by atoms with Crippen LogP contribution >= 0.6 is 0 Å². The molecule has 7 heteroatoms. The molecule has 1 heterocycles. The summed E-state index contributed by atoms with van der Waals surface area (Å²) in [6.07, 6.45) is 1.36. The third-order valence-electron chi connectivity index (χ3n) is 3.83. The van der Waals surface area contributed by atoms with Crippen LogP contribution in [-0.2, 0) is 9.59 Å². The molecule has 1 aromatic rings. The van der Waals surface area contributed by atoms with E-state index in [4.69, 9.17) is 5.11 Å². The smallest absolute Gasteiger partial charge is 0.325 e.